The summed E-state index contributed by atoms with van der Waals surface area (Å²) in [6, 6.07) is 18.4. The molecule has 1 heterocycles. The summed E-state index contributed by atoms with van der Waals surface area (Å²) in [5, 5.41) is 2.85. The lowest BCUT2D eigenvalue weighted by Crippen LogP contribution is -2.50. The van der Waals surface area contributed by atoms with Gasteiger partial charge < -0.3 is 14.8 Å². The van der Waals surface area contributed by atoms with Crippen LogP contribution < -0.4 is 14.8 Å². The minimum absolute atomic E-state index is 0.111. The van der Waals surface area contributed by atoms with E-state index in [4.69, 9.17) is 9.47 Å². The Hall–Kier alpha value is -3.36. The van der Waals surface area contributed by atoms with Crippen molar-refractivity contribution in [1.29, 1.82) is 0 Å². The predicted molar refractivity (Wildman–Crippen MR) is 126 cm³/mol. The summed E-state index contributed by atoms with van der Waals surface area (Å²) in [6.07, 6.45) is 0.263. The van der Waals surface area contributed by atoms with Crippen LogP contribution in [0.25, 0.3) is 0 Å². The average Bonchev–Trinajstić information content (AvgIpc) is 2.83. The van der Waals surface area contributed by atoms with Gasteiger partial charge in [0.25, 0.3) is 0 Å². The number of ether oxygens (including phenoxy) is 2. The molecular weight excluding hydrogens is 440 g/mol. The van der Waals surface area contributed by atoms with E-state index >= 15 is 0 Å². The lowest BCUT2D eigenvalue weighted by molar-refractivity contribution is -0.120. The van der Waals surface area contributed by atoms with Crippen molar-refractivity contribution in [1.82, 2.24) is 4.31 Å². The van der Waals surface area contributed by atoms with Gasteiger partial charge in [0.1, 0.15) is 17.5 Å². The lowest BCUT2D eigenvalue weighted by atomic mass is 9.95. The number of nitrogens with zero attached hydrogens (tertiary/aromatic N) is 1. The van der Waals surface area contributed by atoms with Crippen molar-refractivity contribution in [3.05, 3.63) is 83.4 Å². The predicted octanol–water partition coefficient (Wildman–Crippen LogP) is 3.77. The summed E-state index contributed by atoms with van der Waals surface area (Å²) in [5.74, 6) is 0.560. The summed E-state index contributed by atoms with van der Waals surface area (Å²) < 4.78 is 39.1. The Morgan fingerprint density at radius 3 is 2.33 bits per heavy atom. The molecule has 0 radical (unpaired) electrons. The van der Waals surface area contributed by atoms with Crippen LogP contribution in [0, 0.1) is 6.92 Å². The van der Waals surface area contributed by atoms with Gasteiger partial charge in [0.05, 0.1) is 24.8 Å². The van der Waals surface area contributed by atoms with Crippen LogP contribution in [0.2, 0.25) is 0 Å². The number of hydrogen-bond acceptors (Lipinski definition) is 5. The first-order chi connectivity index (χ1) is 15.8. The fraction of sp³-hybridized carbons (Fsp3) is 0.240. The Balaban J connectivity index is 1.72. The highest BCUT2D eigenvalue weighted by molar-refractivity contribution is 7.89. The van der Waals surface area contributed by atoms with E-state index in [9.17, 15) is 13.2 Å². The molecule has 0 saturated carbocycles. The molecule has 1 amide bonds. The fourth-order valence-corrected chi connectivity index (χ4v) is 5.51. The van der Waals surface area contributed by atoms with E-state index in [1.807, 2.05) is 31.2 Å². The number of sulfonamides is 1. The smallest absolute Gasteiger partial charge is 0.244 e. The third-order valence-electron chi connectivity index (χ3n) is 5.80. The van der Waals surface area contributed by atoms with Crippen LogP contribution in [0.15, 0.2) is 71.6 Å². The Morgan fingerprint density at radius 1 is 0.970 bits per heavy atom. The summed E-state index contributed by atoms with van der Waals surface area (Å²) >= 11 is 0. The first-order valence-corrected chi connectivity index (χ1v) is 12.0. The zero-order chi connectivity index (χ0) is 23.6. The van der Waals surface area contributed by atoms with Crippen molar-refractivity contribution in [2.24, 2.45) is 0 Å². The van der Waals surface area contributed by atoms with Gasteiger partial charge in [0.15, 0.2) is 0 Å². The standard InChI is InChI=1S/C25H26N2O5S/c1-17-8-11-21(12-9-17)33(29,30)27-16-19-7-5-4-6-18(19)14-23(27)25(28)26-22-15-20(31-2)10-13-24(22)32-3/h4-13,15,23H,14,16H2,1-3H3,(H,26,28)/t23-/m1/s1. The van der Waals surface area contributed by atoms with Gasteiger partial charge in [-0.25, -0.2) is 8.42 Å². The maximum atomic E-state index is 13.6. The van der Waals surface area contributed by atoms with E-state index in [1.54, 1.807) is 42.5 Å². The number of amides is 1. The Bertz CT molecular complexity index is 1270. The number of nitrogens with one attached hydrogen (secondary N) is 1. The topological polar surface area (TPSA) is 84.9 Å². The van der Waals surface area contributed by atoms with Crippen LogP contribution in [0.3, 0.4) is 0 Å². The van der Waals surface area contributed by atoms with E-state index in [2.05, 4.69) is 5.32 Å². The normalized spacial score (nSPS) is 16.0. The van der Waals surface area contributed by atoms with Crippen LogP contribution in [0.1, 0.15) is 16.7 Å². The lowest BCUT2D eigenvalue weighted by Gasteiger charge is -2.35. The molecule has 3 aromatic carbocycles. The van der Waals surface area contributed by atoms with Gasteiger partial charge >= 0.3 is 0 Å². The molecule has 3 aromatic rings. The summed E-state index contributed by atoms with van der Waals surface area (Å²) in [7, 11) is -0.888. The Labute approximate surface area is 194 Å². The fourth-order valence-electron chi connectivity index (χ4n) is 3.95. The molecular formula is C25H26N2O5S. The van der Waals surface area contributed by atoms with Crippen LogP contribution in [-0.4, -0.2) is 38.9 Å². The van der Waals surface area contributed by atoms with Gasteiger partial charge in [0, 0.05) is 12.6 Å². The first kappa shape index (κ1) is 22.8. The molecule has 1 aliphatic heterocycles. The van der Waals surface area contributed by atoms with Gasteiger partial charge in [0.2, 0.25) is 15.9 Å². The molecule has 0 spiro atoms. The van der Waals surface area contributed by atoms with E-state index in [0.717, 1.165) is 16.7 Å². The van der Waals surface area contributed by atoms with Gasteiger partial charge in [-0.05, 0) is 48.7 Å². The van der Waals surface area contributed by atoms with Gasteiger partial charge in [-0.2, -0.15) is 4.31 Å². The second kappa shape index (κ2) is 9.25. The summed E-state index contributed by atoms with van der Waals surface area (Å²) in [4.78, 5) is 13.6. The molecule has 0 bridgehead atoms. The maximum absolute atomic E-state index is 13.6. The molecule has 1 atom stereocenters. The number of hydrogen-bond donors (Lipinski definition) is 1. The first-order valence-electron chi connectivity index (χ1n) is 10.5. The highest BCUT2D eigenvalue weighted by Gasteiger charge is 2.39. The molecule has 8 heteroatoms. The summed E-state index contributed by atoms with van der Waals surface area (Å²) in [5.41, 5.74) is 3.20. The third kappa shape index (κ3) is 4.58. The highest BCUT2D eigenvalue weighted by Crippen LogP contribution is 2.32. The average molecular weight is 467 g/mol. The quantitative estimate of drug-likeness (QED) is 0.598. The van der Waals surface area contributed by atoms with Crippen molar-refractivity contribution < 1.29 is 22.7 Å². The third-order valence-corrected chi connectivity index (χ3v) is 7.67. The number of aryl methyl sites for hydroxylation is 1. The molecule has 1 aliphatic rings. The minimum Gasteiger partial charge on any atom is -0.497 e. The van der Waals surface area contributed by atoms with Crippen molar-refractivity contribution in [3.63, 3.8) is 0 Å². The van der Waals surface area contributed by atoms with E-state index in [0.29, 0.717) is 17.2 Å². The number of carbonyl (C=O) groups is 1. The Morgan fingerprint density at radius 2 is 1.67 bits per heavy atom. The molecule has 1 N–H and O–H groups in total. The largest absolute Gasteiger partial charge is 0.497 e. The molecule has 0 aromatic heterocycles. The Kier molecular flexibility index (Phi) is 6.40. The molecule has 0 unspecified atom stereocenters. The van der Waals surface area contributed by atoms with E-state index in [1.165, 1.54) is 18.5 Å². The highest BCUT2D eigenvalue weighted by atomic mass is 32.2. The second-order valence-corrected chi connectivity index (χ2v) is 9.80. The summed E-state index contributed by atoms with van der Waals surface area (Å²) in [6.45, 7) is 2.00. The minimum atomic E-state index is -3.92. The molecule has 0 saturated heterocycles. The second-order valence-electron chi connectivity index (χ2n) is 7.91. The van der Waals surface area contributed by atoms with E-state index in [-0.39, 0.29) is 17.9 Å². The van der Waals surface area contributed by atoms with Crippen molar-refractivity contribution in [3.8, 4) is 11.5 Å². The van der Waals surface area contributed by atoms with Crippen LogP contribution >= 0.6 is 0 Å². The van der Waals surface area contributed by atoms with Gasteiger partial charge in [-0.1, -0.05) is 42.0 Å². The number of fused-ring (bicyclic) bond motifs is 1. The molecule has 4 rings (SSSR count). The number of rotatable bonds is 6. The number of methoxy groups -OCH3 is 2. The monoisotopic (exact) mass is 466 g/mol. The van der Waals surface area contributed by atoms with Crippen molar-refractivity contribution in [2.75, 3.05) is 19.5 Å². The van der Waals surface area contributed by atoms with Gasteiger partial charge in [-0.3, -0.25) is 4.79 Å². The molecule has 0 aliphatic carbocycles. The number of benzene rings is 3. The van der Waals surface area contributed by atoms with E-state index < -0.39 is 22.0 Å². The molecule has 33 heavy (non-hydrogen) atoms. The zero-order valence-electron chi connectivity index (χ0n) is 18.7. The van der Waals surface area contributed by atoms with Crippen molar-refractivity contribution >= 4 is 21.6 Å². The zero-order valence-corrected chi connectivity index (χ0v) is 19.6. The SMILES string of the molecule is COc1ccc(OC)c(NC(=O)[C@H]2Cc3ccccc3CN2S(=O)(=O)c2ccc(C)cc2)c1. The number of carbonyl (C=O) groups excluding carboxylic acids is 1. The van der Waals surface area contributed by atoms with Crippen LogP contribution in [0.5, 0.6) is 11.5 Å². The number of anilines is 1. The van der Waals surface area contributed by atoms with Gasteiger partial charge in [-0.15, -0.1) is 0 Å². The molecule has 0 fully saturated rings. The van der Waals surface area contributed by atoms with Crippen LogP contribution in [0.4, 0.5) is 5.69 Å². The van der Waals surface area contributed by atoms with Crippen molar-refractivity contribution in [2.45, 2.75) is 30.8 Å². The molecule has 172 valence electrons. The molecule has 7 nitrogen and oxygen atoms in total. The maximum Gasteiger partial charge on any atom is 0.244 e. The van der Waals surface area contributed by atoms with Crippen LogP contribution in [-0.2, 0) is 27.8 Å².